The van der Waals surface area contributed by atoms with E-state index in [1.54, 1.807) is 27.1 Å². The van der Waals surface area contributed by atoms with E-state index < -0.39 is 19.9 Å². The number of thiazole rings is 1. The molecule has 2 N–H and O–H groups in total. The molecule has 1 aliphatic heterocycles. The number of ether oxygens (including phenoxy) is 1. The molecule has 4 heterocycles. The van der Waals surface area contributed by atoms with E-state index in [0.717, 1.165) is 44.4 Å². The zero-order chi connectivity index (χ0) is 28.6. The second-order valence-corrected chi connectivity index (χ2v) is 18.8. The maximum absolute atomic E-state index is 13.6. The number of aryl methyl sites for hydroxylation is 1. The van der Waals surface area contributed by atoms with Gasteiger partial charge in [0.1, 0.15) is 17.9 Å². The Morgan fingerprint density at radius 3 is 2.83 bits per heavy atom. The number of carbonyl (C=O) groups excluding carboxylic acids is 2. The van der Waals surface area contributed by atoms with Crippen LogP contribution >= 0.6 is 11.3 Å². The molecule has 1 fully saturated rings. The first-order chi connectivity index (χ1) is 19.0. The molecule has 212 valence electrons. The summed E-state index contributed by atoms with van der Waals surface area (Å²) in [6.45, 7) is 12.2. The number of anilines is 1. The Labute approximate surface area is 238 Å². The number of pyridine rings is 1. The van der Waals surface area contributed by atoms with Crippen molar-refractivity contribution in [2.45, 2.75) is 65.1 Å². The van der Waals surface area contributed by atoms with Crippen molar-refractivity contribution in [3.63, 3.8) is 0 Å². The average Bonchev–Trinajstić information content (AvgIpc) is 3.47. The number of nitrogens with one attached hydrogen (secondary N) is 1. The van der Waals surface area contributed by atoms with E-state index in [-0.39, 0.29) is 24.4 Å². The lowest BCUT2D eigenvalue weighted by Gasteiger charge is -2.38. The highest BCUT2D eigenvalue weighted by molar-refractivity contribution is 7.18. The molecule has 0 saturated carbocycles. The highest BCUT2D eigenvalue weighted by Gasteiger charge is 2.35. The fourth-order valence-electron chi connectivity index (χ4n) is 5.18. The molecule has 2 amide bonds. The van der Waals surface area contributed by atoms with Gasteiger partial charge in [-0.05, 0) is 49.4 Å². The Morgan fingerprint density at radius 1 is 1.25 bits per heavy atom. The Balaban J connectivity index is 1.37. The summed E-state index contributed by atoms with van der Waals surface area (Å²) in [4.78, 5) is 33.3. The molecule has 1 aliphatic rings. The lowest BCUT2D eigenvalue weighted by molar-refractivity contribution is -0.903. The molecule has 0 spiro atoms. The first-order valence-electron chi connectivity index (χ1n) is 13.7. The Morgan fingerprint density at radius 2 is 2.05 bits per heavy atom. The highest BCUT2D eigenvalue weighted by atomic mass is 32.1. The summed E-state index contributed by atoms with van der Waals surface area (Å²) in [6.07, 6.45) is 6.19. The SMILES string of the molecule is Cc1nc2cc([C@H]3CC[C@H](C)CN3C(=O)C(=O)Nc3c[n+](O)cc4cnn(COCC[Si](C)(C)C)c34)ccc2s1. The van der Waals surface area contributed by atoms with Crippen molar-refractivity contribution in [3.8, 4) is 0 Å². The minimum atomic E-state index is -1.24. The first kappa shape index (κ1) is 28.2. The molecule has 0 radical (unpaired) electrons. The number of rotatable bonds is 7. The number of amides is 2. The highest BCUT2D eigenvalue weighted by Crippen LogP contribution is 2.35. The molecule has 4 aromatic rings. The van der Waals surface area contributed by atoms with Crippen molar-refractivity contribution in [1.29, 1.82) is 0 Å². The van der Waals surface area contributed by atoms with Crippen molar-refractivity contribution in [1.82, 2.24) is 19.7 Å². The molecule has 2 atom stereocenters. The third-order valence-corrected chi connectivity index (χ3v) is 9.95. The maximum Gasteiger partial charge on any atom is 0.314 e. The van der Waals surface area contributed by atoms with Crippen LogP contribution in [0.3, 0.4) is 0 Å². The van der Waals surface area contributed by atoms with E-state index in [9.17, 15) is 14.8 Å². The van der Waals surface area contributed by atoms with Crippen LogP contribution in [0.2, 0.25) is 25.7 Å². The molecule has 1 aromatic carbocycles. The van der Waals surface area contributed by atoms with Gasteiger partial charge in [0.05, 0.1) is 32.8 Å². The average molecular weight is 582 g/mol. The van der Waals surface area contributed by atoms with Crippen LogP contribution in [0, 0.1) is 12.8 Å². The summed E-state index contributed by atoms with van der Waals surface area (Å²) in [7, 11) is -1.24. The summed E-state index contributed by atoms with van der Waals surface area (Å²) in [5, 5.41) is 19.0. The van der Waals surface area contributed by atoms with Gasteiger partial charge in [-0.15, -0.1) is 11.3 Å². The van der Waals surface area contributed by atoms with Crippen LogP contribution in [-0.2, 0) is 21.1 Å². The molecule has 12 heteroatoms. The van der Waals surface area contributed by atoms with E-state index in [1.165, 1.54) is 12.4 Å². The van der Waals surface area contributed by atoms with Crippen LogP contribution in [-0.4, -0.2) is 57.9 Å². The minimum Gasteiger partial charge on any atom is -0.360 e. The third-order valence-electron chi connectivity index (χ3n) is 7.29. The van der Waals surface area contributed by atoms with Gasteiger partial charge in [-0.2, -0.15) is 5.10 Å². The first-order valence-corrected chi connectivity index (χ1v) is 18.2. The smallest absolute Gasteiger partial charge is 0.314 e. The molecule has 0 unspecified atom stereocenters. The molecule has 0 bridgehead atoms. The second kappa shape index (κ2) is 11.3. The fourth-order valence-corrected chi connectivity index (χ4v) is 6.74. The van der Waals surface area contributed by atoms with Crippen LogP contribution < -0.4 is 10.0 Å². The van der Waals surface area contributed by atoms with Gasteiger partial charge >= 0.3 is 11.8 Å². The monoisotopic (exact) mass is 581 g/mol. The quantitative estimate of drug-likeness (QED) is 0.107. The van der Waals surface area contributed by atoms with Crippen molar-refractivity contribution in [2.24, 2.45) is 5.92 Å². The van der Waals surface area contributed by atoms with Crippen molar-refractivity contribution < 1.29 is 24.3 Å². The predicted molar refractivity (Wildman–Crippen MR) is 157 cm³/mol. The number of likely N-dealkylation sites (tertiary alicyclic amines) is 1. The van der Waals surface area contributed by atoms with Crippen molar-refractivity contribution in [3.05, 3.63) is 47.4 Å². The lowest BCUT2D eigenvalue weighted by Crippen LogP contribution is -2.46. The van der Waals surface area contributed by atoms with E-state index in [0.29, 0.717) is 24.1 Å². The van der Waals surface area contributed by atoms with Crippen molar-refractivity contribution in [2.75, 3.05) is 18.5 Å². The molecule has 3 aromatic heterocycles. The fraction of sp³-hybridized carbons (Fsp3) is 0.464. The molecule has 5 rings (SSSR count). The molecule has 10 nitrogen and oxygen atoms in total. The van der Waals surface area contributed by atoms with E-state index in [1.807, 2.05) is 25.1 Å². The van der Waals surface area contributed by atoms with Gasteiger partial charge < -0.3 is 15.0 Å². The number of piperidine rings is 1. The van der Waals surface area contributed by atoms with Crippen LogP contribution in [0.1, 0.15) is 36.4 Å². The van der Waals surface area contributed by atoms with E-state index >= 15 is 0 Å². The number of nitrogens with zero attached hydrogens (tertiary/aromatic N) is 5. The number of aromatic nitrogens is 4. The summed E-state index contributed by atoms with van der Waals surface area (Å²) >= 11 is 1.64. The van der Waals surface area contributed by atoms with Crippen LogP contribution in [0.5, 0.6) is 0 Å². The van der Waals surface area contributed by atoms with Crippen LogP contribution in [0.25, 0.3) is 21.1 Å². The van der Waals surface area contributed by atoms with Crippen LogP contribution in [0.4, 0.5) is 5.69 Å². The molecule has 40 heavy (non-hydrogen) atoms. The van der Waals surface area contributed by atoms with E-state index in [2.05, 4.69) is 42.0 Å². The topological polar surface area (TPSA) is 113 Å². The van der Waals surface area contributed by atoms with Crippen LogP contribution in [0.15, 0.2) is 36.8 Å². The standard InChI is InChI=1S/C28H36N6O4SSi/c1-18-6-8-24(20-7-9-25-22(12-20)30-19(2)39-25)33(14-18)28(36)27(35)31-23-16-32(37)15-21-13-29-34(26(21)23)17-38-10-11-40(3,4)5/h7,9,12-13,15-16,18,24H,6,8,10-11,14,17H2,1-5H3,(H-,31,35,37)/p+1/t18-,24+/m0/s1. The molecule has 1 saturated heterocycles. The summed E-state index contributed by atoms with van der Waals surface area (Å²) in [5.41, 5.74) is 2.75. The van der Waals surface area contributed by atoms with Gasteiger partial charge in [-0.3, -0.25) is 14.8 Å². The second-order valence-electron chi connectivity index (χ2n) is 11.9. The predicted octanol–water partition coefficient (Wildman–Crippen LogP) is 4.73. The van der Waals surface area contributed by atoms with Gasteiger partial charge in [-0.25, -0.2) is 9.67 Å². The van der Waals surface area contributed by atoms with Gasteiger partial charge in [0, 0.05) is 26.0 Å². The van der Waals surface area contributed by atoms with Gasteiger partial charge in [0.2, 0.25) is 12.4 Å². The molecular weight excluding hydrogens is 544 g/mol. The maximum atomic E-state index is 13.6. The Hall–Kier alpha value is -3.35. The van der Waals surface area contributed by atoms with Gasteiger partial charge in [-0.1, -0.05) is 32.6 Å². The summed E-state index contributed by atoms with van der Waals surface area (Å²) < 4.78 is 9.47. The minimum absolute atomic E-state index is 0.199. The number of benzene rings is 1. The normalized spacial score (nSPS) is 18.0. The van der Waals surface area contributed by atoms with Gasteiger partial charge in [0.25, 0.3) is 0 Å². The lowest BCUT2D eigenvalue weighted by atomic mass is 9.89. The number of carbonyl (C=O) groups is 2. The number of hydrogen-bond acceptors (Lipinski definition) is 7. The summed E-state index contributed by atoms with van der Waals surface area (Å²) in [6, 6.07) is 6.92. The van der Waals surface area contributed by atoms with Crippen molar-refractivity contribution >= 4 is 58.0 Å². The zero-order valence-electron chi connectivity index (χ0n) is 23.7. The Bertz CT molecular complexity index is 1560. The third kappa shape index (κ3) is 6.18. The largest absolute Gasteiger partial charge is 0.360 e. The number of hydrogen-bond donors (Lipinski definition) is 2. The van der Waals surface area contributed by atoms with Gasteiger partial charge in [0.15, 0.2) is 0 Å². The summed E-state index contributed by atoms with van der Waals surface area (Å²) in [5.74, 6) is -1.09. The number of fused-ring (bicyclic) bond motifs is 2. The Kier molecular flexibility index (Phi) is 7.93. The zero-order valence-corrected chi connectivity index (χ0v) is 25.5. The van der Waals surface area contributed by atoms with E-state index in [4.69, 9.17) is 4.74 Å². The molecule has 0 aliphatic carbocycles. The molecular formula is C28H37N6O4SSi+.